The number of aryl methyl sites for hydroxylation is 2. The molecule has 1 aromatic carbocycles. The van der Waals surface area contributed by atoms with Crippen molar-refractivity contribution in [2.24, 2.45) is 0 Å². The molecule has 0 spiro atoms. The number of H-pyrrole nitrogens is 1. The molecule has 25 heavy (non-hydrogen) atoms. The molecule has 0 amide bonds. The smallest absolute Gasteiger partial charge is 0.342 e. The van der Waals surface area contributed by atoms with E-state index in [0.29, 0.717) is 27.4 Å². The van der Waals surface area contributed by atoms with Crippen LogP contribution in [0.15, 0.2) is 29.1 Å². The van der Waals surface area contributed by atoms with Crippen molar-refractivity contribution in [2.75, 3.05) is 7.11 Å². The minimum Gasteiger partial charge on any atom is -0.496 e. The zero-order chi connectivity index (χ0) is 18.1. The van der Waals surface area contributed by atoms with Crippen molar-refractivity contribution in [3.63, 3.8) is 0 Å². The molecule has 0 bridgehead atoms. The summed E-state index contributed by atoms with van der Waals surface area (Å²) < 4.78 is 10.6. The number of rotatable bonds is 4. The van der Waals surface area contributed by atoms with Gasteiger partial charge in [0.1, 0.15) is 16.1 Å². The summed E-state index contributed by atoms with van der Waals surface area (Å²) in [4.78, 5) is 33.6. The van der Waals surface area contributed by atoms with E-state index in [1.807, 2.05) is 13.8 Å². The molecule has 0 aliphatic heterocycles. The number of methoxy groups -OCH3 is 1. The molecule has 1 atom stereocenters. The molecular weight excluding hydrogens is 340 g/mol. The van der Waals surface area contributed by atoms with Crippen molar-refractivity contribution in [2.45, 2.75) is 26.9 Å². The summed E-state index contributed by atoms with van der Waals surface area (Å²) >= 11 is 1.45. The first-order chi connectivity index (χ1) is 11.9. The van der Waals surface area contributed by atoms with Crippen molar-refractivity contribution in [3.8, 4) is 5.75 Å². The highest BCUT2D eigenvalue weighted by Crippen LogP contribution is 2.27. The van der Waals surface area contributed by atoms with Gasteiger partial charge < -0.3 is 14.5 Å². The predicted octanol–water partition coefficient (Wildman–Crippen LogP) is 3.53. The Balaban J connectivity index is 1.91. The first-order valence-corrected chi connectivity index (χ1v) is 8.58. The lowest BCUT2D eigenvalue weighted by molar-refractivity contribution is 0.0316. The lowest BCUT2D eigenvalue weighted by Crippen LogP contribution is -2.17. The second-order valence-electron chi connectivity index (χ2n) is 5.66. The zero-order valence-electron chi connectivity index (χ0n) is 14.4. The molecule has 0 aliphatic rings. The molecule has 0 aliphatic carbocycles. The lowest BCUT2D eigenvalue weighted by atomic mass is 10.2. The van der Waals surface area contributed by atoms with Gasteiger partial charge in [0.05, 0.1) is 12.5 Å². The molecule has 130 valence electrons. The molecule has 1 N–H and O–H groups in total. The molecule has 2 heterocycles. The number of nitrogens with zero attached hydrogens (tertiary/aromatic N) is 1. The Kier molecular flexibility index (Phi) is 4.59. The van der Waals surface area contributed by atoms with Gasteiger partial charge in [0.2, 0.25) is 0 Å². The number of benzene rings is 1. The van der Waals surface area contributed by atoms with E-state index in [-0.39, 0.29) is 5.56 Å². The van der Waals surface area contributed by atoms with Crippen LogP contribution in [0.25, 0.3) is 10.2 Å². The fourth-order valence-electron chi connectivity index (χ4n) is 2.56. The van der Waals surface area contributed by atoms with Crippen LogP contribution in [0, 0.1) is 13.8 Å². The maximum absolute atomic E-state index is 12.4. The van der Waals surface area contributed by atoms with Crippen LogP contribution in [0.4, 0.5) is 0 Å². The molecule has 0 radical (unpaired) electrons. The van der Waals surface area contributed by atoms with Gasteiger partial charge in [-0.25, -0.2) is 9.78 Å². The molecule has 3 rings (SSSR count). The van der Waals surface area contributed by atoms with Gasteiger partial charge in [-0.3, -0.25) is 4.79 Å². The minimum atomic E-state index is -0.697. The number of ether oxygens (including phenoxy) is 2. The van der Waals surface area contributed by atoms with E-state index in [1.54, 1.807) is 31.2 Å². The number of hydrogen-bond donors (Lipinski definition) is 1. The van der Waals surface area contributed by atoms with Gasteiger partial charge in [-0.2, -0.15) is 0 Å². The average Bonchev–Trinajstić information content (AvgIpc) is 2.89. The van der Waals surface area contributed by atoms with Crippen LogP contribution >= 0.6 is 11.3 Å². The van der Waals surface area contributed by atoms with E-state index in [9.17, 15) is 9.59 Å². The molecular formula is C18H18N2O4S. The van der Waals surface area contributed by atoms with Gasteiger partial charge in [0.15, 0.2) is 11.9 Å². The zero-order valence-corrected chi connectivity index (χ0v) is 15.2. The molecule has 0 saturated carbocycles. The monoisotopic (exact) mass is 358 g/mol. The summed E-state index contributed by atoms with van der Waals surface area (Å²) in [7, 11) is 1.49. The molecule has 3 aromatic rings. The Morgan fingerprint density at radius 1 is 1.28 bits per heavy atom. The van der Waals surface area contributed by atoms with Crippen molar-refractivity contribution in [1.82, 2.24) is 9.97 Å². The van der Waals surface area contributed by atoms with Crippen LogP contribution in [-0.2, 0) is 4.74 Å². The van der Waals surface area contributed by atoms with Crippen molar-refractivity contribution >= 4 is 27.5 Å². The number of carbonyl (C=O) groups is 1. The topological polar surface area (TPSA) is 81.3 Å². The van der Waals surface area contributed by atoms with Crippen LogP contribution < -0.4 is 10.3 Å². The second-order valence-corrected chi connectivity index (χ2v) is 6.87. The van der Waals surface area contributed by atoms with E-state index in [0.717, 1.165) is 10.4 Å². The van der Waals surface area contributed by atoms with E-state index in [1.165, 1.54) is 18.4 Å². The molecule has 2 aromatic heterocycles. The van der Waals surface area contributed by atoms with Gasteiger partial charge in [-0.1, -0.05) is 12.1 Å². The predicted molar refractivity (Wildman–Crippen MR) is 96.5 cm³/mol. The SMILES string of the molecule is COc1ccccc1C(=O)OC(C)c1nc2sc(C)c(C)c2c(=O)[nH]1. The summed E-state index contributed by atoms with van der Waals surface area (Å²) in [5.74, 6) is 0.217. The number of fused-ring (bicyclic) bond motifs is 1. The fourth-order valence-corrected chi connectivity index (χ4v) is 3.59. The molecule has 6 nitrogen and oxygen atoms in total. The summed E-state index contributed by atoms with van der Waals surface area (Å²) in [6.07, 6.45) is -0.697. The Hall–Kier alpha value is -2.67. The van der Waals surface area contributed by atoms with Crippen LogP contribution in [-0.4, -0.2) is 23.0 Å². The van der Waals surface area contributed by atoms with E-state index >= 15 is 0 Å². The molecule has 0 saturated heterocycles. The normalized spacial score (nSPS) is 12.2. The number of esters is 1. The standard InChI is InChI=1S/C18H18N2O4S/c1-9-11(3)25-17-14(9)16(21)19-15(20-17)10(2)24-18(22)12-7-5-6-8-13(12)23-4/h5-8,10H,1-4H3,(H,19,20,21). The maximum atomic E-state index is 12.4. The number of aromatic nitrogens is 2. The van der Waals surface area contributed by atoms with Crippen LogP contribution in [0.2, 0.25) is 0 Å². The Morgan fingerprint density at radius 2 is 2.00 bits per heavy atom. The third-order valence-electron chi connectivity index (χ3n) is 4.05. The van der Waals surface area contributed by atoms with Crippen molar-refractivity contribution in [1.29, 1.82) is 0 Å². The van der Waals surface area contributed by atoms with Crippen molar-refractivity contribution in [3.05, 3.63) is 56.4 Å². The third-order valence-corrected chi connectivity index (χ3v) is 5.15. The third kappa shape index (κ3) is 3.15. The lowest BCUT2D eigenvalue weighted by Gasteiger charge is -2.14. The van der Waals surface area contributed by atoms with Crippen LogP contribution in [0.3, 0.4) is 0 Å². The number of nitrogens with one attached hydrogen (secondary N) is 1. The van der Waals surface area contributed by atoms with Gasteiger partial charge in [0, 0.05) is 4.88 Å². The molecule has 1 unspecified atom stereocenters. The Labute approximate surface area is 148 Å². The number of para-hydroxylation sites is 1. The highest BCUT2D eigenvalue weighted by Gasteiger charge is 2.20. The summed E-state index contributed by atoms with van der Waals surface area (Å²) in [6.45, 7) is 5.52. The van der Waals surface area contributed by atoms with Crippen LogP contribution in [0.5, 0.6) is 5.75 Å². The summed E-state index contributed by atoms with van der Waals surface area (Å²) in [5.41, 5.74) is 1.03. The molecule has 0 fully saturated rings. The first kappa shape index (κ1) is 17.2. The number of thiophene rings is 1. The maximum Gasteiger partial charge on any atom is 0.342 e. The van der Waals surface area contributed by atoms with E-state index in [4.69, 9.17) is 9.47 Å². The Morgan fingerprint density at radius 3 is 2.72 bits per heavy atom. The largest absolute Gasteiger partial charge is 0.496 e. The average molecular weight is 358 g/mol. The first-order valence-electron chi connectivity index (χ1n) is 7.76. The Bertz CT molecular complexity index is 1010. The summed E-state index contributed by atoms with van der Waals surface area (Å²) in [6, 6.07) is 6.81. The quantitative estimate of drug-likeness (QED) is 0.722. The van der Waals surface area contributed by atoms with Gasteiger partial charge in [-0.15, -0.1) is 11.3 Å². The van der Waals surface area contributed by atoms with E-state index in [2.05, 4.69) is 9.97 Å². The number of hydrogen-bond acceptors (Lipinski definition) is 6. The van der Waals surface area contributed by atoms with Crippen molar-refractivity contribution < 1.29 is 14.3 Å². The number of carbonyl (C=O) groups excluding carboxylic acids is 1. The van der Waals surface area contributed by atoms with Gasteiger partial charge in [-0.05, 0) is 38.5 Å². The fraction of sp³-hybridized carbons (Fsp3) is 0.278. The van der Waals surface area contributed by atoms with E-state index < -0.39 is 12.1 Å². The highest BCUT2D eigenvalue weighted by atomic mass is 32.1. The summed E-state index contributed by atoms with van der Waals surface area (Å²) in [5, 5.41) is 0.592. The van der Waals surface area contributed by atoms with Crippen LogP contribution in [0.1, 0.15) is 39.7 Å². The minimum absolute atomic E-state index is 0.220. The molecule has 7 heteroatoms. The van der Waals surface area contributed by atoms with Gasteiger partial charge in [0.25, 0.3) is 5.56 Å². The van der Waals surface area contributed by atoms with Gasteiger partial charge >= 0.3 is 5.97 Å². The highest BCUT2D eigenvalue weighted by molar-refractivity contribution is 7.18. The second kappa shape index (κ2) is 6.68. The number of aromatic amines is 1.